The SMILES string of the molecule is Fc1cc(F)cc(-c2ccc3ccc4oc5c(-c6cc(F)cc(F)c6)ccc6ccc7oc2c3c4-c7c65)c1. The van der Waals surface area contributed by atoms with E-state index in [2.05, 4.69) is 0 Å². The molecule has 182 valence electrons. The second kappa shape index (κ2) is 7.35. The molecule has 0 bridgehead atoms. The predicted octanol–water partition coefficient (Wildman–Crippen LogP) is 9.92. The van der Waals surface area contributed by atoms with Crippen LogP contribution in [0.25, 0.3) is 77.3 Å². The van der Waals surface area contributed by atoms with Gasteiger partial charge < -0.3 is 8.83 Å². The van der Waals surface area contributed by atoms with Gasteiger partial charge in [0.25, 0.3) is 0 Å². The first-order valence-corrected chi connectivity index (χ1v) is 11.9. The van der Waals surface area contributed by atoms with Gasteiger partial charge >= 0.3 is 0 Å². The molecule has 0 spiro atoms. The van der Waals surface area contributed by atoms with Crippen molar-refractivity contribution >= 4 is 43.9 Å². The molecule has 38 heavy (non-hydrogen) atoms. The third-order valence-electron chi connectivity index (χ3n) is 7.22. The summed E-state index contributed by atoms with van der Waals surface area (Å²) < 4.78 is 69.4. The summed E-state index contributed by atoms with van der Waals surface area (Å²) in [6.07, 6.45) is 0. The second-order valence-electron chi connectivity index (χ2n) is 9.48. The van der Waals surface area contributed by atoms with Gasteiger partial charge in [0.05, 0.1) is 0 Å². The summed E-state index contributed by atoms with van der Waals surface area (Å²) in [4.78, 5) is 0. The van der Waals surface area contributed by atoms with Crippen LogP contribution >= 0.6 is 0 Å². The minimum absolute atomic E-state index is 0.356. The van der Waals surface area contributed by atoms with Crippen LogP contribution in [0.15, 0.2) is 93.8 Å². The molecule has 0 unspecified atom stereocenters. The van der Waals surface area contributed by atoms with Gasteiger partial charge in [-0.3, -0.25) is 0 Å². The molecule has 0 saturated carbocycles. The van der Waals surface area contributed by atoms with Crippen LogP contribution in [0.1, 0.15) is 0 Å². The van der Waals surface area contributed by atoms with E-state index >= 15 is 0 Å². The lowest BCUT2D eigenvalue weighted by Gasteiger charge is -2.21. The zero-order valence-corrected chi connectivity index (χ0v) is 19.4. The number of hydrogen-bond acceptors (Lipinski definition) is 2. The van der Waals surface area contributed by atoms with Crippen molar-refractivity contribution in [3.8, 4) is 33.4 Å². The van der Waals surface area contributed by atoms with Crippen molar-refractivity contribution in [3.05, 3.63) is 108 Å². The highest BCUT2D eigenvalue weighted by molar-refractivity contribution is 6.26. The summed E-state index contributed by atoms with van der Waals surface area (Å²) in [6.45, 7) is 0. The van der Waals surface area contributed by atoms with E-state index < -0.39 is 23.3 Å². The largest absolute Gasteiger partial charge is 0.455 e. The van der Waals surface area contributed by atoms with Crippen LogP contribution in [-0.4, -0.2) is 0 Å². The molecule has 0 aromatic heterocycles. The Kier molecular flexibility index (Phi) is 4.12. The van der Waals surface area contributed by atoms with Gasteiger partial charge in [-0.1, -0.05) is 24.3 Å². The molecule has 6 aromatic rings. The lowest BCUT2D eigenvalue weighted by atomic mass is 9.87. The number of hydrogen-bond donors (Lipinski definition) is 0. The Bertz CT molecular complexity index is 1990. The zero-order valence-electron chi connectivity index (χ0n) is 19.4. The second-order valence-corrected chi connectivity index (χ2v) is 9.48. The first-order chi connectivity index (χ1) is 18.4. The van der Waals surface area contributed by atoms with Gasteiger partial charge in [0.15, 0.2) is 0 Å². The van der Waals surface area contributed by atoms with Crippen molar-refractivity contribution in [1.29, 1.82) is 0 Å². The lowest BCUT2D eigenvalue weighted by Crippen LogP contribution is -1.97. The Morgan fingerprint density at radius 2 is 0.789 bits per heavy atom. The third kappa shape index (κ3) is 2.88. The highest BCUT2D eigenvalue weighted by Gasteiger charge is 2.27. The number of halogens is 4. The quantitative estimate of drug-likeness (QED) is 0.132. The molecule has 0 atom stereocenters. The fraction of sp³-hybridized carbons (Fsp3) is 0. The maximum Gasteiger partial charge on any atom is 0.143 e. The fourth-order valence-corrected chi connectivity index (χ4v) is 5.71. The first-order valence-electron chi connectivity index (χ1n) is 11.9. The third-order valence-corrected chi connectivity index (χ3v) is 7.22. The number of rotatable bonds is 2. The smallest absolute Gasteiger partial charge is 0.143 e. The molecule has 0 N–H and O–H groups in total. The minimum Gasteiger partial charge on any atom is -0.455 e. The molecule has 2 heterocycles. The van der Waals surface area contributed by atoms with Gasteiger partial charge in [-0.2, -0.15) is 0 Å². The topological polar surface area (TPSA) is 26.3 Å². The van der Waals surface area contributed by atoms with E-state index in [0.717, 1.165) is 44.8 Å². The Balaban J connectivity index is 1.54. The normalized spacial score (nSPS) is 12.2. The van der Waals surface area contributed by atoms with Gasteiger partial charge in [0, 0.05) is 45.2 Å². The molecule has 6 aromatic carbocycles. The van der Waals surface area contributed by atoms with Crippen LogP contribution in [0.2, 0.25) is 0 Å². The summed E-state index contributed by atoms with van der Waals surface area (Å²) in [5.41, 5.74) is 5.47. The summed E-state index contributed by atoms with van der Waals surface area (Å²) in [5.74, 6) is -2.73. The molecule has 0 aliphatic carbocycles. The van der Waals surface area contributed by atoms with Gasteiger partial charge in [-0.15, -0.1) is 0 Å². The molecule has 0 fully saturated rings. The Hall–Kier alpha value is -4.84. The van der Waals surface area contributed by atoms with Crippen molar-refractivity contribution in [3.63, 3.8) is 0 Å². The molecule has 8 rings (SSSR count). The molecular weight excluding hydrogens is 492 g/mol. The van der Waals surface area contributed by atoms with E-state index in [0.29, 0.717) is 44.6 Å². The summed E-state index contributed by atoms with van der Waals surface area (Å²) in [5, 5.41) is 3.27. The van der Waals surface area contributed by atoms with Gasteiger partial charge in [-0.25, -0.2) is 17.6 Å². The average molecular weight is 506 g/mol. The minimum atomic E-state index is -0.682. The molecule has 6 heteroatoms. The highest BCUT2D eigenvalue weighted by Crippen LogP contribution is 2.51. The number of benzene rings is 6. The monoisotopic (exact) mass is 506 g/mol. The van der Waals surface area contributed by atoms with Crippen molar-refractivity contribution in [2.45, 2.75) is 0 Å². The molecular formula is C32H14F4O2. The van der Waals surface area contributed by atoms with Crippen molar-refractivity contribution in [2.24, 2.45) is 0 Å². The van der Waals surface area contributed by atoms with E-state index in [9.17, 15) is 17.6 Å². The predicted molar refractivity (Wildman–Crippen MR) is 140 cm³/mol. The van der Waals surface area contributed by atoms with Crippen LogP contribution in [0.5, 0.6) is 0 Å². The average Bonchev–Trinajstić information content (AvgIpc) is 2.89. The van der Waals surface area contributed by atoms with Crippen LogP contribution in [0.3, 0.4) is 0 Å². The van der Waals surface area contributed by atoms with Crippen LogP contribution in [0, 0.1) is 23.3 Å². The zero-order chi connectivity index (χ0) is 25.7. The van der Waals surface area contributed by atoms with E-state index in [-0.39, 0.29) is 0 Å². The summed E-state index contributed by atoms with van der Waals surface area (Å²) in [6, 6.07) is 21.6. The Morgan fingerprint density at radius 3 is 1.18 bits per heavy atom. The van der Waals surface area contributed by atoms with E-state index in [4.69, 9.17) is 8.83 Å². The van der Waals surface area contributed by atoms with E-state index in [1.165, 1.54) is 24.3 Å². The van der Waals surface area contributed by atoms with Crippen molar-refractivity contribution < 1.29 is 26.4 Å². The molecule has 2 nitrogen and oxygen atoms in total. The molecule has 0 amide bonds. The lowest BCUT2D eigenvalue weighted by molar-refractivity contribution is 0.583. The van der Waals surface area contributed by atoms with Crippen LogP contribution < -0.4 is 0 Å². The first kappa shape index (κ1) is 21.3. The van der Waals surface area contributed by atoms with Gasteiger partial charge in [0.1, 0.15) is 45.6 Å². The Morgan fingerprint density at radius 1 is 0.421 bits per heavy atom. The molecule has 0 radical (unpaired) electrons. The van der Waals surface area contributed by atoms with E-state index in [1.54, 1.807) is 12.1 Å². The van der Waals surface area contributed by atoms with Crippen molar-refractivity contribution in [2.75, 3.05) is 0 Å². The van der Waals surface area contributed by atoms with Crippen molar-refractivity contribution in [1.82, 2.24) is 0 Å². The summed E-state index contributed by atoms with van der Waals surface area (Å²) in [7, 11) is 0. The Labute approximate surface area is 212 Å². The summed E-state index contributed by atoms with van der Waals surface area (Å²) >= 11 is 0. The molecule has 2 aliphatic heterocycles. The van der Waals surface area contributed by atoms with Gasteiger partial charge in [-0.05, 0) is 70.4 Å². The highest BCUT2D eigenvalue weighted by atomic mass is 19.1. The standard InChI is InChI=1S/C32H14F4O2/c33-19-9-17(10-20(34)13-19)23-5-1-15-3-7-25-29-27(15)31(23)37-26-8-4-16-2-6-24(32(38-25)28(16)30(26)29)18-11-21(35)14-22(36)12-18/h1-14H. The maximum absolute atomic E-state index is 14.1. The maximum atomic E-state index is 14.1. The van der Waals surface area contributed by atoms with E-state index in [1.807, 2.05) is 36.4 Å². The van der Waals surface area contributed by atoms with Gasteiger partial charge in [0.2, 0.25) is 0 Å². The fourth-order valence-electron chi connectivity index (χ4n) is 5.71. The molecule has 2 aliphatic rings. The van der Waals surface area contributed by atoms with Crippen LogP contribution in [0.4, 0.5) is 17.6 Å². The molecule has 0 saturated heterocycles. The van der Waals surface area contributed by atoms with Crippen LogP contribution in [-0.2, 0) is 0 Å².